The highest BCUT2D eigenvalue weighted by molar-refractivity contribution is 6.11. The molecule has 8 aromatic carbocycles. The molecular weight excluding hydrogens is 669 g/mol. The van der Waals surface area contributed by atoms with Gasteiger partial charge in [-0.05, 0) is 87.5 Å². The van der Waals surface area contributed by atoms with E-state index in [0.717, 1.165) is 89.0 Å². The zero-order chi connectivity index (χ0) is 36.6. The molecule has 0 aliphatic rings. The predicted octanol–water partition coefficient (Wildman–Crippen LogP) is 14.0. The van der Waals surface area contributed by atoms with Crippen LogP contribution in [0.4, 0.5) is 0 Å². The molecule has 0 saturated heterocycles. The smallest absolute Gasteiger partial charge is 0.160 e. The van der Waals surface area contributed by atoms with E-state index in [4.69, 9.17) is 14.4 Å². The Labute approximate surface area is 319 Å². The Hall–Kier alpha value is -7.36. The molecule has 2 heterocycles. The summed E-state index contributed by atoms with van der Waals surface area (Å²) in [6, 6.07) is 72.2. The minimum atomic E-state index is 0.683. The van der Waals surface area contributed by atoms with Gasteiger partial charge in [0.1, 0.15) is 11.2 Å². The molecule has 0 N–H and O–H groups in total. The monoisotopic (exact) mass is 702 g/mol. The highest BCUT2D eigenvalue weighted by Crippen LogP contribution is 2.41. The first-order chi connectivity index (χ1) is 27.2. The van der Waals surface area contributed by atoms with Gasteiger partial charge in [0.05, 0.1) is 11.4 Å². The van der Waals surface area contributed by atoms with Crippen molar-refractivity contribution in [3.8, 4) is 78.4 Å². The minimum Gasteiger partial charge on any atom is -0.455 e. The van der Waals surface area contributed by atoms with Crippen molar-refractivity contribution in [3.63, 3.8) is 0 Å². The van der Waals surface area contributed by atoms with Gasteiger partial charge in [0, 0.05) is 33.0 Å². The molecule has 0 saturated carbocycles. The van der Waals surface area contributed by atoms with Gasteiger partial charge < -0.3 is 4.42 Å². The fourth-order valence-electron chi connectivity index (χ4n) is 7.51. The van der Waals surface area contributed by atoms with E-state index in [1.54, 1.807) is 0 Å². The van der Waals surface area contributed by atoms with Gasteiger partial charge in [0.15, 0.2) is 5.82 Å². The van der Waals surface area contributed by atoms with E-state index in [1.807, 2.05) is 36.4 Å². The first kappa shape index (κ1) is 32.3. The molecule has 3 heteroatoms. The van der Waals surface area contributed by atoms with Crippen molar-refractivity contribution >= 4 is 21.9 Å². The molecule has 0 atom stereocenters. The van der Waals surface area contributed by atoms with Gasteiger partial charge in [-0.3, -0.25) is 0 Å². The summed E-state index contributed by atoms with van der Waals surface area (Å²) in [6.07, 6.45) is 0. The molecule has 0 aliphatic carbocycles. The fourth-order valence-corrected chi connectivity index (χ4v) is 7.51. The molecular formula is C52H34N2O. The van der Waals surface area contributed by atoms with Gasteiger partial charge in [0.25, 0.3) is 0 Å². The number of furan rings is 1. The molecule has 0 spiro atoms. The largest absolute Gasteiger partial charge is 0.455 e. The average molecular weight is 703 g/mol. The summed E-state index contributed by atoms with van der Waals surface area (Å²) in [5, 5.41) is 2.19. The summed E-state index contributed by atoms with van der Waals surface area (Å²) in [6.45, 7) is 0. The standard InChI is InChI=1S/C52H34N2O/c1-5-16-35(17-6-1)39-24-15-25-40(28-39)48-34-49(54-52(53-48)38-22-11-4-12-23-38)44-30-41(36-18-7-2-8-19-36)29-42(31-44)43-32-46(37-20-9-3-10-21-37)51-47(33-43)45-26-13-14-27-50(45)55-51/h1-34H. The number of para-hydroxylation sites is 1. The molecule has 3 nitrogen and oxygen atoms in total. The summed E-state index contributed by atoms with van der Waals surface area (Å²) in [5.41, 5.74) is 15.4. The van der Waals surface area contributed by atoms with Crippen molar-refractivity contribution in [3.05, 3.63) is 206 Å². The minimum absolute atomic E-state index is 0.683. The Morgan fingerprint density at radius 3 is 1.45 bits per heavy atom. The van der Waals surface area contributed by atoms with Crippen LogP contribution in [0.2, 0.25) is 0 Å². The molecule has 258 valence electrons. The maximum absolute atomic E-state index is 6.55. The van der Waals surface area contributed by atoms with E-state index in [0.29, 0.717) is 5.82 Å². The van der Waals surface area contributed by atoms with Gasteiger partial charge in [-0.15, -0.1) is 0 Å². The Balaban J connectivity index is 1.21. The van der Waals surface area contributed by atoms with Crippen molar-refractivity contribution in [1.29, 1.82) is 0 Å². The third-order valence-electron chi connectivity index (χ3n) is 10.3. The Kier molecular flexibility index (Phi) is 8.16. The van der Waals surface area contributed by atoms with Crippen molar-refractivity contribution in [1.82, 2.24) is 9.97 Å². The van der Waals surface area contributed by atoms with Gasteiger partial charge in [-0.25, -0.2) is 9.97 Å². The summed E-state index contributed by atoms with van der Waals surface area (Å²) in [4.78, 5) is 10.4. The van der Waals surface area contributed by atoms with E-state index in [2.05, 4.69) is 170 Å². The molecule has 0 radical (unpaired) electrons. The van der Waals surface area contributed by atoms with Crippen LogP contribution in [0.1, 0.15) is 0 Å². The van der Waals surface area contributed by atoms with Crippen molar-refractivity contribution in [2.24, 2.45) is 0 Å². The maximum Gasteiger partial charge on any atom is 0.160 e. The van der Waals surface area contributed by atoms with Crippen LogP contribution in [0.25, 0.3) is 100 Å². The molecule has 55 heavy (non-hydrogen) atoms. The van der Waals surface area contributed by atoms with E-state index in [-0.39, 0.29) is 0 Å². The number of aromatic nitrogens is 2. The molecule has 0 bridgehead atoms. The van der Waals surface area contributed by atoms with Crippen LogP contribution in [0.3, 0.4) is 0 Å². The quantitative estimate of drug-likeness (QED) is 0.166. The van der Waals surface area contributed by atoms with Crippen LogP contribution in [-0.2, 0) is 0 Å². The third-order valence-corrected chi connectivity index (χ3v) is 10.3. The zero-order valence-corrected chi connectivity index (χ0v) is 29.9. The van der Waals surface area contributed by atoms with Gasteiger partial charge >= 0.3 is 0 Å². The summed E-state index contributed by atoms with van der Waals surface area (Å²) in [5.74, 6) is 0.683. The van der Waals surface area contributed by atoms with E-state index in [1.165, 1.54) is 5.56 Å². The first-order valence-electron chi connectivity index (χ1n) is 18.6. The van der Waals surface area contributed by atoms with Gasteiger partial charge in [0.2, 0.25) is 0 Å². The lowest BCUT2D eigenvalue weighted by Crippen LogP contribution is -1.97. The average Bonchev–Trinajstić information content (AvgIpc) is 3.66. The fraction of sp³-hybridized carbons (Fsp3) is 0. The van der Waals surface area contributed by atoms with Crippen LogP contribution in [0.15, 0.2) is 211 Å². The highest BCUT2D eigenvalue weighted by Gasteiger charge is 2.18. The number of fused-ring (bicyclic) bond motifs is 3. The molecule has 10 rings (SSSR count). The molecule has 0 unspecified atom stereocenters. The normalized spacial score (nSPS) is 11.3. The maximum atomic E-state index is 6.55. The molecule has 0 aliphatic heterocycles. The van der Waals surface area contributed by atoms with Crippen LogP contribution in [0, 0.1) is 0 Å². The molecule has 0 fully saturated rings. The highest BCUT2D eigenvalue weighted by atomic mass is 16.3. The van der Waals surface area contributed by atoms with Crippen molar-refractivity contribution in [2.45, 2.75) is 0 Å². The number of hydrogen-bond acceptors (Lipinski definition) is 3. The first-order valence-corrected chi connectivity index (χ1v) is 18.6. The number of hydrogen-bond donors (Lipinski definition) is 0. The molecule has 2 aromatic heterocycles. The Morgan fingerprint density at radius 1 is 0.291 bits per heavy atom. The van der Waals surface area contributed by atoms with Crippen LogP contribution in [0.5, 0.6) is 0 Å². The summed E-state index contributed by atoms with van der Waals surface area (Å²) in [7, 11) is 0. The number of benzene rings is 8. The SMILES string of the molecule is c1ccc(-c2cccc(-c3cc(-c4cc(-c5ccccc5)cc(-c5cc(-c6ccccc6)c6oc7ccccc7c6c5)c4)nc(-c4ccccc4)n3)c2)cc1. The summed E-state index contributed by atoms with van der Waals surface area (Å²) >= 11 is 0. The van der Waals surface area contributed by atoms with Gasteiger partial charge in [-0.2, -0.15) is 0 Å². The lowest BCUT2D eigenvalue weighted by Gasteiger charge is -2.14. The third kappa shape index (κ3) is 6.28. The van der Waals surface area contributed by atoms with E-state index in [9.17, 15) is 0 Å². The second-order valence-electron chi connectivity index (χ2n) is 13.8. The molecule has 0 amide bonds. The molecule has 10 aromatic rings. The zero-order valence-electron chi connectivity index (χ0n) is 29.9. The van der Waals surface area contributed by atoms with E-state index >= 15 is 0 Å². The Morgan fingerprint density at radius 2 is 0.764 bits per heavy atom. The van der Waals surface area contributed by atoms with Crippen molar-refractivity contribution in [2.75, 3.05) is 0 Å². The second kappa shape index (κ2) is 13.9. The second-order valence-corrected chi connectivity index (χ2v) is 13.8. The van der Waals surface area contributed by atoms with E-state index < -0.39 is 0 Å². The lowest BCUT2D eigenvalue weighted by molar-refractivity contribution is 0.670. The number of nitrogens with zero attached hydrogens (tertiary/aromatic N) is 2. The lowest BCUT2D eigenvalue weighted by atomic mass is 9.91. The van der Waals surface area contributed by atoms with Crippen molar-refractivity contribution < 1.29 is 4.42 Å². The topological polar surface area (TPSA) is 38.9 Å². The van der Waals surface area contributed by atoms with Crippen LogP contribution in [-0.4, -0.2) is 9.97 Å². The summed E-state index contributed by atoms with van der Waals surface area (Å²) < 4.78 is 6.55. The number of rotatable bonds is 7. The predicted molar refractivity (Wildman–Crippen MR) is 227 cm³/mol. The van der Waals surface area contributed by atoms with Gasteiger partial charge in [-0.1, -0.05) is 158 Å². The van der Waals surface area contributed by atoms with Crippen LogP contribution >= 0.6 is 0 Å². The van der Waals surface area contributed by atoms with Crippen LogP contribution < -0.4 is 0 Å². The Bertz CT molecular complexity index is 2950.